The van der Waals surface area contributed by atoms with E-state index in [9.17, 15) is 14.0 Å². The Morgan fingerprint density at radius 1 is 1.27 bits per heavy atom. The number of nitrogens with one attached hydrogen (secondary N) is 2. The van der Waals surface area contributed by atoms with Gasteiger partial charge >= 0.3 is 5.91 Å². The predicted octanol–water partition coefficient (Wildman–Crippen LogP) is 1.59. The molecule has 0 aliphatic carbocycles. The summed E-state index contributed by atoms with van der Waals surface area (Å²) in [5.41, 5.74) is 5.85. The molecule has 0 heterocycles. The fourth-order valence-corrected chi connectivity index (χ4v) is 3.10. The number of benzene rings is 2. The molecule has 0 aliphatic rings. The molecule has 1 atom stereocenters. The van der Waals surface area contributed by atoms with Crippen molar-refractivity contribution < 1.29 is 19.7 Å². The quantitative estimate of drug-likeness (QED) is 0.180. The molecule has 0 radical (unpaired) electrons. The van der Waals surface area contributed by atoms with Crippen molar-refractivity contribution in [3.05, 3.63) is 81.9 Å². The molecule has 7 N–H and O–H groups in total. The number of hydrogen-bond donors (Lipinski definition) is 4. The molecule has 8 nitrogen and oxygen atoms in total. The van der Waals surface area contributed by atoms with E-state index in [2.05, 4.69) is 28.3 Å². The number of carbonyl (C=O) groups excluding carboxylic acids is 2. The average molecular weight is 476 g/mol. The van der Waals surface area contributed by atoms with Crippen LogP contribution in [0, 0.1) is 5.82 Å². The van der Waals surface area contributed by atoms with Crippen LogP contribution < -0.4 is 22.2 Å². The summed E-state index contributed by atoms with van der Waals surface area (Å²) in [6.07, 6.45) is 3.93. The highest BCUT2D eigenvalue weighted by atomic mass is 35.5. The molecule has 10 heteroatoms. The monoisotopic (exact) mass is 475 g/mol. The molecular weight excluding hydrogens is 447 g/mol. The maximum Gasteiger partial charge on any atom is 0.307 e. The van der Waals surface area contributed by atoms with Crippen LogP contribution in [-0.4, -0.2) is 43.2 Å². The normalized spacial score (nSPS) is 12.5. The molecule has 0 aliphatic heterocycles. The lowest BCUT2D eigenvalue weighted by Gasteiger charge is -2.16. The number of aryl methyl sites for hydroxylation is 1. The van der Waals surface area contributed by atoms with E-state index in [4.69, 9.17) is 17.4 Å². The lowest BCUT2D eigenvalue weighted by atomic mass is 10.0. The number of halogens is 2. The highest BCUT2D eigenvalue weighted by molar-refractivity contribution is 6.30. The average Bonchev–Trinajstić information content (AvgIpc) is 2.78. The zero-order valence-electron chi connectivity index (χ0n) is 18.6. The summed E-state index contributed by atoms with van der Waals surface area (Å²) in [6.45, 7) is 2.37. The summed E-state index contributed by atoms with van der Waals surface area (Å²) >= 11 is 5.69. The van der Waals surface area contributed by atoms with Crippen LogP contribution in [0.3, 0.4) is 0 Å². The number of nitrogens with two attached hydrogens (primary N) is 1. The minimum Gasteiger partial charge on any atom is -0.350 e. The number of aliphatic imine (C=N–C) groups is 1. The second-order valence-corrected chi connectivity index (χ2v) is 7.66. The number of quaternary nitrogens is 1. The van der Waals surface area contributed by atoms with Gasteiger partial charge < -0.3 is 21.4 Å². The fourth-order valence-electron chi connectivity index (χ4n) is 2.94. The lowest BCUT2D eigenvalue weighted by Crippen LogP contribution is -2.56. The maximum atomic E-state index is 13.8. The van der Waals surface area contributed by atoms with E-state index in [1.165, 1.54) is 28.9 Å². The Balaban J connectivity index is 1.91. The third-order valence-corrected chi connectivity index (χ3v) is 5.01. The Kier molecular flexibility index (Phi) is 9.99. The zero-order chi connectivity index (χ0) is 24.4. The summed E-state index contributed by atoms with van der Waals surface area (Å²) in [5, 5.41) is 6.85. The van der Waals surface area contributed by atoms with Crippen LogP contribution in [-0.2, 0) is 11.2 Å². The highest BCUT2D eigenvalue weighted by Crippen LogP contribution is 2.15. The van der Waals surface area contributed by atoms with Crippen molar-refractivity contribution in [2.75, 3.05) is 20.1 Å². The van der Waals surface area contributed by atoms with Crippen molar-refractivity contribution in [1.29, 1.82) is 0 Å². The first-order valence-electron chi connectivity index (χ1n) is 10.4. The second-order valence-electron chi connectivity index (χ2n) is 7.23. The van der Waals surface area contributed by atoms with E-state index < -0.39 is 23.7 Å². The van der Waals surface area contributed by atoms with Gasteiger partial charge in [-0.05, 0) is 35.7 Å². The Labute approximate surface area is 197 Å². The minimum absolute atomic E-state index is 0.119. The number of amides is 2. The number of hydrazine groups is 1. The molecule has 0 saturated carbocycles. The van der Waals surface area contributed by atoms with Crippen molar-refractivity contribution >= 4 is 29.6 Å². The Bertz CT molecular complexity index is 1030. The third kappa shape index (κ3) is 7.98. The van der Waals surface area contributed by atoms with Crippen molar-refractivity contribution in [2.45, 2.75) is 19.4 Å². The van der Waals surface area contributed by atoms with E-state index in [0.717, 1.165) is 18.1 Å². The summed E-state index contributed by atoms with van der Waals surface area (Å²) in [4.78, 5) is 28.7. The Morgan fingerprint density at radius 2 is 1.97 bits per heavy atom. The molecule has 2 rings (SSSR count). The van der Waals surface area contributed by atoms with E-state index in [0.29, 0.717) is 0 Å². The SMILES string of the molecule is CCc1ccc(C(C=NC)NC(=O)C([NH3+])=CN(N)CCNC(=O)c2ccc(Cl)cc2F)cc1. The molecule has 0 aromatic heterocycles. The van der Waals surface area contributed by atoms with Crippen LogP contribution in [0.2, 0.25) is 5.02 Å². The van der Waals surface area contributed by atoms with Gasteiger partial charge in [0.05, 0.1) is 24.4 Å². The molecule has 2 amide bonds. The maximum absolute atomic E-state index is 13.8. The molecule has 1 unspecified atom stereocenters. The fraction of sp³-hybridized carbons (Fsp3) is 0.261. The van der Waals surface area contributed by atoms with Crippen LogP contribution in [0.4, 0.5) is 4.39 Å². The lowest BCUT2D eigenvalue weighted by molar-refractivity contribution is -0.300. The number of nitrogens with zero attached hydrogens (tertiary/aromatic N) is 2. The summed E-state index contributed by atoms with van der Waals surface area (Å²) in [7, 11) is 1.63. The standard InChI is InChI=1S/C23H28ClFN6O2/c1-3-15-4-6-16(7-5-15)21(13-28-2)30-23(33)20(26)14-31(27)11-10-29-22(32)18-9-8-17(24)12-19(18)25/h4-9,12-14,21H,3,10-11,26-27H2,1-2H3,(H,29,32)(H,30,33)/p+1. The van der Waals surface area contributed by atoms with E-state index in [1.807, 2.05) is 24.3 Å². The molecule has 0 bridgehead atoms. The Morgan fingerprint density at radius 3 is 2.58 bits per heavy atom. The first-order valence-corrected chi connectivity index (χ1v) is 10.7. The smallest absolute Gasteiger partial charge is 0.307 e. The van der Waals surface area contributed by atoms with Crippen LogP contribution >= 0.6 is 11.6 Å². The summed E-state index contributed by atoms with van der Waals surface area (Å²) in [5.74, 6) is 4.17. The molecular formula is C23H29ClFN6O2+. The van der Waals surface area contributed by atoms with Gasteiger partial charge in [-0.1, -0.05) is 42.8 Å². The van der Waals surface area contributed by atoms with Gasteiger partial charge in [0.2, 0.25) is 5.70 Å². The molecule has 176 valence electrons. The first-order chi connectivity index (χ1) is 15.7. The highest BCUT2D eigenvalue weighted by Gasteiger charge is 2.17. The summed E-state index contributed by atoms with van der Waals surface area (Å²) < 4.78 is 13.8. The van der Waals surface area contributed by atoms with Crippen LogP contribution in [0.25, 0.3) is 0 Å². The topological polar surface area (TPSA) is 127 Å². The van der Waals surface area contributed by atoms with Gasteiger partial charge in [0, 0.05) is 24.8 Å². The van der Waals surface area contributed by atoms with Crippen molar-refractivity contribution in [2.24, 2.45) is 10.8 Å². The molecule has 33 heavy (non-hydrogen) atoms. The molecule has 0 saturated heterocycles. The van der Waals surface area contributed by atoms with Gasteiger partial charge in [0.25, 0.3) is 5.91 Å². The van der Waals surface area contributed by atoms with Crippen LogP contribution in [0.15, 0.2) is 59.4 Å². The number of hydrogen-bond acceptors (Lipinski definition) is 5. The van der Waals surface area contributed by atoms with Crippen LogP contribution in [0.1, 0.15) is 34.5 Å². The van der Waals surface area contributed by atoms with Crippen molar-refractivity contribution in [1.82, 2.24) is 15.6 Å². The predicted molar refractivity (Wildman–Crippen MR) is 127 cm³/mol. The van der Waals surface area contributed by atoms with Gasteiger partial charge in [0.15, 0.2) is 0 Å². The first kappa shape index (κ1) is 26.0. The van der Waals surface area contributed by atoms with Gasteiger partial charge in [0.1, 0.15) is 5.82 Å². The summed E-state index contributed by atoms with van der Waals surface area (Å²) in [6, 6.07) is 11.3. The largest absolute Gasteiger partial charge is 0.350 e. The molecule has 0 fully saturated rings. The van der Waals surface area contributed by atoms with Gasteiger partial charge in [-0.3, -0.25) is 14.6 Å². The third-order valence-electron chi connectivity index (χ3n) is 4.78. The van der Waals surface area contributed by atoms with Crippen molar-refractivity contribution in [3.8, 4) is 0 Å². The van der Waals surface area contributed by atoms with E-state index in [1.54, 1.807) is 13.3 Å². The number of carbonyl (C=O) groups is 2. The van der Waals surface area contributed by atoms with E-state index in [-0.39, 0.29) is 29.4 Å². The second kappa shape index (κ2) is 12.7. The minimum atomic E-state index is -0.712. The van der Waals surface area contributed by atoms with Gasteiger partial charge in [-0.25, -0.2) is 10.2 Å². The molecule has 2 aromatic carbocycles. The van der Waals surface area contributed by atoms with E-state index >= 15 is 0 Å². The van der Waals surface area contributed by atoms with Gasteiger partial charge in [-0.2, -0.15) is 0 Å². The molecule has 2 aromatic rings. The Hall–Kier alpha value is -3.27. The van der Waals surface area contributed by atoms with Crippen molar-refractivity contribution in [3.63, 3.8) is 0 Å². The zero-order valence-corrected chi connectivity index (χ0v) is 19.4. The van der Waals surface area contributed by atoms with Crippen LogP contribution in [0.5, 0.6) is 0 Å². The van der Waals surface area contributed by atoms with Gasteiger partial charge in [-0.15, -0.1) is 0 Å². The molecule has 0 spiro atoms. The number of rotatable bonds is 10.